The van der Waals surface area contributed by atoms with E-state index in [2.05, 4.69) is 10.3 Å². The Morgan fingerprint density at radius 3 is 2.48 bits per heavy atom. The number of carboxylic acid groups (broad SMARTS) is 1. The van der Waals surface area contributed by atoms with E-state index < -0.39 is 29.6 Å². The quantitative estimate of drug-likeness (QED) is 0.645. The van der Waals surface area contributed by atoms with Gasteiger partial charge in [0.1, 0.15) is 22.9 Å². The number of halogens is 2. The van der Waals surface area contributed by atoms with Gasteiger partial charge in [0.15, 0.2) is 0 Å². The van der Waals surface area contributed by atoms with Crippen LogP contribution in [-0.2, 0) is 0 Å². The van der Waals surface area contributed by atoms with Gasteiger partial charge in [-0.3, -0.25) is 4.79 Å². The lowest BCUT2D eigenvalue weighted by molar-refractivity contribution is 0.0696. The van der Waals surface area contributed by atoms with E-state index in [1.807, 2.05) is 0 Å². The maximum atomic E-state index is 13.7. The molecule has 1 amide bonds. The second kappa shape index (κ2) is 8.47. The standard InChI is InChI=1S/C21H16F2N2O4/c1-12(13-3-2-4-14(9-13)21(27)28)25-19(26)18-10-16(23)11-24-20(18)29-17-7-5-15(22)6-8-17/h2-12H,1H3,(H,25,26)(H,27,28). The number of nitrogens with zero attached hydrogens (tertiary/aromatic N) is 1. The van der Waals surface area contributed by atoms with Crippen LogP contribution in [0.1, 0.15) is 39.2 Å². The molecule has 0 bridgehead atoms. The molecule has 6 nitrogen and oxygen atoms in total. The number of aromatic nitrogens is 1. The number of amides is 1. The maximum Gasteiger partial charge on any atom is 0.335 e. The van der Waals surface area contributed by atoms with Gasteiger partial charge < -0.3 is 15.2 Å². The first-order valence-corrected chi connectivity index (χ1v) is 8.56. The molecule has 1 unspecified atom stereocenters. The summed E-state index contributed by atoms with van der Waals surface area (Å²) in [5.74, 6) is -2.87. The van der Waals surface area contributed by atoms with Gasteiger partial charge >= 0.3 is 5.97 Å². The minimum atomic E-state index is -1.09. The Bertz CT molecular complexity index is 1050. The number of carboxylic acids is 1. The van der Waals surface area contributed by atoms with E-state index in [9.17, 15) is 18.4 Å². The lowest BCUT2D eigenvalue weighted by Gasteiger charge is -2.16. The molecule has 3 rings (SSSR count). The molecule has 2 N–H and O–H groups in total. The lowest BCUT2D eigenvalue weighted by Crippen LogP contribution is -2.27. The third kappa shape index (κ3) is 4.92. The molecule has 2 aromatic carbocycles. The van der Waals surface area contributed by atoms with Crippen LogP contribution < -0.4 is 10.1 Å². The molecule has 0 saturated carbocycles. The zero-order chi connectivity index (χ0) is 21.0. The van der Waals surface area contributed by atoms with Gasteiger partial charge in [-0.05, 0) is 55.0 Å². The zero-order valence-electron chi connectivity index (χ0n) is 15.2. The number of nitrogens with one attached hydrogen (secondary N) is 1. The Morgan fingerprint density at radius 1 is 1.07 bits per heavy atom. The first-order chi connectivity index (χ1) is 13.8. The van der Waals surface area contributed by atoms with Crippen LogP contribution in [0.2, 0.25) is 0 Å². The topological polar surface area (TPSA) is 88.5 Å². The first kappa shape index (κ1) is 19.9. The molecule has 1 heterocycles. The van der Waals surface area contributed by atoms with Crippen molar-refractivity contribution in [2.24, 2.45) is 0 Å². The van der Waals surface area contributed by atoms with Crippen molar-refractivity contribution in [1.29, 1.82) is 0 Å². The monoisotopic (exact) mass is 398 g/mol. The third-order valence-corrected chi connectivity index (χ3v) is 4.07. The van der Waals surface area contributed by atoms with Crippen molar-refractivity contribution < 1.29 is 28.2 Å². The Kier molecular flexibility index (Phi) is 5.82. The number of carbonyl (C=O) groups excluding carboxylic acids is 1. The minimum Gasteiger partial charge on any atom is -0.478 e. The van der Waals surface area contributed by atoms with Gasteiger partial charge in [0.05, 0.1) is 17.8 Å². The zero-order valence-corrected chi connectivity index (χ0v) is 15.2. The number of benzene rings is 2. The summed E-state index contributed by atoms with van der Waals surface area (Å²) in [5.41, 5.74) is 0.482. The third-order valence-electron chi connectivity index (χ3n) is 4.07. The number of ether oxygens (including phenoxy) is 1. The van der Waals surface area contributed by atoms with Crippen LogP contribution in [0.15, 0.2) is 60.8 Å². The van der Waals surface area contributed by atoms with E-state index in [1.165, 1.54) is 36.4 Å². The van der Waals surface area contributed by atoms with Crippen molar-refractivity contribution in [1.82, 2.24) is 10.3 Å². The second-order valence-electron chi connectivity index (χ2n) is 6.19. The van der Waals surface area contributed by atoms with Gasteiger partial charge in [0.25, 0.3) is 5.91 Å². The van der Waals surface area contributed by atoms with Gasteiger partial charge in [-0.15, -0.1) is 0 Å². The minimum absolute atomic E-state index is 0.0800. The highest BCUT2D eigenvalue weighted by Crippen LogP contribution is 2.25. The molecule has 1 atom stereocenters. The molecule has 0 fully saturated rings. The van der Waals surface area contributed by atoms with Crippen molar-refractivity contribution in [3.63, 3.8) is 0 Å². The molecule has 0 aliphatic carbocycles. The highest BCUT2D eigenvalue weighted by Gasteiger charge is 2.19. The fraction of sp³-hybridized carbons (Fsp3) is 0.0952. The molecule has 3 aromatic rings. The molecular weight excluding hydrogens is 382 g/mol. The number of hydrogen-bond acceptors (Lipinski definition) is 4. The van der Waals surface area contributed by atoms with Gasteiger partial charge in [-0.2, -0.15) is 0 Å². The van der Waals surface area contributed by atoms with E-state index >= 15 is 0 Å². The Hall–Kier alpha value is -3.81. The Balaban J connectivity index is 1.83. The summed E-state index contributed by atoms with van der Waals surface area (Å²) in [6.07, 6.45) is 0.898. The van der Waals surface area contributed by atoms with Crippen molar-refractivity contribution in [3.05, 3.63) is 89.1 Å². The van der Waals surface area contributed by atoms with Crippen LogP contribution >= 0.6 is 0 Å². The summed E-state index contributed by atoms with van der Waals surface area (Å²) in [7, 11) is 0. The van der Waals surface area contributed by atoms with E-state index in [0.29, 0.717) is 5.56 Å². The average molecular weight is 398 g/mol. The largest absolute Gasteiger partial charge is 0.478 e. The van der Waals surface area contributed by atoms with Gasteiger partial charge in [-0.25, -0.2) is 18.6 Å². The summed E-state index contributed by atoms with van der Waals surface area (Å²) >= 11 is 0. The summed E-state index contributed by atoms with van der Waals surface area (Å²) in [6, 6.07) is 11.6. The van der Waals surface area contributed by atoms with Crippen molar-refractivity contribution in [3.8, 4) is 11.6 Å². The van der Waals surface area contributed by atoms with Crippen molar-refractivity contribution >= 4 is 11.9 Å². The summed E-state index contributed by atoms with van der Waals surface area (Å²) in [5, 5.41) is 11.8. The molecule has 148 valence electrons. The number of hydrogen-bond donors (Lipinski definition) is 2. The van der Waals surface area contributed by atoms with Crippen molar-refractivity contribution in [2.45, 2.75) is 13.0 Å². The smallest absolute Gasteiger partial charge is 0.335 e. The van der Waals surface area contributed by atoms with E-state index in [1.54, 1.807) is 19.1 Å². The predicted octanol–water partition coefficient (Wildman–Crippen LogP) is 4.34. The van der Waals surface area contributed by atoms with Crippen LogP contribution in [0.5, 0.6) is 11.6 Å². The Morgan fingerprint density at radius 2 is 1.79 bits per heavy atom. The lowest BCUT2D eigenvalue weighted by atomic mass is 10.0. The average Bonchev–Trinajstić information content (AvgIpc) is 2.71. The first-order valence-electron chi connectivity index (χ1n) is 8.56. The van der Waals surface area contributed by atoms with E-state index in [0.717, 1.165) is 12.3 Å². The molecule has 29 heavy (non-hydrogen) atoms. The normalized spacial score (nSPS) is 11.6. The molecule has 0 aliphatic heterocycles. The van der Waals surface area contributed by atoms with Crippen LogP contribution in [-0.4, -0.2) is 22.0 Å². The summed E-state index contributed by atoms with van der Waals surface area (Å²) < 4.78 is 32.2. The van der Waals surface area contributed by atoms with Crippen LogP contribution in [0.25, 0.3) is 0 Å². The van der Waals surface area contributed by atoms with Gasteiger partial charge in [-0.1, -0.05) is 12.1 Å². The molecule has 0 saturated heterocycles. The van der Waals surface area contributed by atoms with Crippen LogP contribution in [0.4, 0.5) is 8.78 Å². The number of pyridine rings is 1. The number of carbonyl (C=O) groups is 2. The highest BCUT2D eigenvalue weighted by molar-refractivity contribution is 5.96. The SMILES string of the molecule is CC(NC(=O)c1cc(F)cnc1Oc1ccc(F)cc1)c1cccc(C(=O)O)c1. The Labute approximate surface area is 164 Å². The fourth-order valence-electron chi connectivity index (χ4n) is 2.58. The summed E-state index contributed by atoms with van der Waals surface area (Å²) in [4.78, 5) is 27.6. The molecule has 8 heteroatoms. The number of aromatic carboxylic acids is 1. The predicted molar refractivity (Wildman–Crippen MR) is 100.0 cm³/mol. The summed E-state index contributed by atoms with van der Waals surface area (Å²) in [6.45, 7) is 1.66. The molecular formula is C21H16F2N2O4. The van der Waals surface area contributed by atoms with Gasteiger partial charge in [0.2, 0.25) is 5.88 Å². The van der Waals surface area contributed by atoms with Crippen molar-refractivity contribution in [2.75, 3.05) is 0 Å². The van der Waals surface area contributed by atoms with Gasteiger partial charge in [0, 0.05) is 0 Å². The van der Waals surface area contributed by atoms with Crippen LogP contribution in [0, 0.1) is 11.6 Å². The maximum absolute atomic E-state index is 13.7. The molecule has 1 aromatic heterocycles. The number of rotatable bonds is 6. The molecule has 0 aliphatic rings. The fourth-order valence-corrected chi connectivity index (χ4v) is 2.58. The van der Waals surface area contributed by atoms with E-state index in [-0.39, 0.29) is 22.8 Å². The highest BCUT2D eigenvalue weighted by atomic mass is 19.1. The van der Waals surface area contributed by atoms with E-state index in [4.69, 9.17) is 9.84 Å². The molecule has 0 radical (unpaired) electrons. The van der Waals surface area contributed by atoms with Crippen LogP contribution in [0.3, 0.4) is 0 Å². The molecule has 0 spiro atoms. The second-order valence-corrected chi connectivity index (χ2v) is 6.19.